The lowest BCUT2D eigenvalue weighted by Crippen LogP contribution is -2.55. The van der Waals surface area contributed by atoms with E-state index in [0.717, 1.165) is 46.2 Å². The molecule has 0 aliphatic carbocycles. The van der Waals surface area contributed by atoms with Gasteiger partial charge < -0.3 is 19.4 Å². The van der Waals surface area contributed by atoms with Crippen LogP contribution in [0.5, 0.6) is 6.01 Å². The van der Waals surface area contributed by atoms with Crippen LogP contribution in [0.4, 0.5) is 10.2 Å². The molecule has 2 aliphatic rings. The maximum absolute atomic E-state index is 13.9. The summed E-state index contributed by atoms with van der Waals surface area (Å²) in [4.78, 5) is 33.8. The van der Waals surface area contributed by atoms with Gasteiger partial charge in [-0.1, -0.05) is 48.5 Å². The van der Waals surface area contributed by atoms with E-state index in [1.54, 1.807) is 11.8 Å². The number of likely N-dealkylation sites (tertiary alicyclic amines) is 1. The fourth-order valence-electron chi connectivity index (χ4n) is 6.33. The fraction of sp³-hybridized carbons (Fsp3) is 0.364. The van der Waals surface area contributed by atoms with Crippen molar-refractivity contribution >= 4 is 56.9 Å². The number of hydrogen-bond acceptors (Lipinski definition) is 9. The third-order valence-corrected chi connectivity index (χ3v) is 9.79. The molecule has 1 unspecified atom stereocenters. The van der Waals surface area contributed by atoms with Crippen LogP contribution in [0.25, 0.3) is 32.9 Å². The number of carbonyl (C=O) groups is 1. The van der Waals surface area contributed by atoms with Crippen LogP contribution in [0.2, 0.25) is 5.02 Å². The SMILES string of the molecule is C=C(F)C(=O)N1CCN(c2nc(OCC3CCCN3C)nc3c(SC)c(-c4cccc5cccc(Cl)c45)cnc23)C[C@@H]1CC#N. The van der Waals surface area contributed by atoms with Crippen molar-refractivity contribution < 1.29 is 13.9 Å². The summed E-state index contributed by atoms with van der Waals surface area (Å²) in [6, 6.07) is 14.0. The number of halogens is 2. The minimum absolute atomic E-state index is 0.0331. The Bertz CT molecular complexity index is 1830. The quantitative estimate of drug-likeness (QED) is 0.166. The van der Waals surface area contributed by atoms with Crippen molar-refractivity contribution in [3.05, 3.63) is 60.0 Å². The highest BCUT2D eigenvalue weighted by molar-refractivity contribution is 7.99. The first-order chi connectivity index (χ1) is 21.8. The largest absolute Gasteiger partial charge is 0.462 e. The molecule has 0 saturated carbocycles. The predicted octanol–water partition coefficient (Wildman–Crippen LogP) is 6.11. The lowest BCUT2D eigenvalue weighted by Gasteiger charge is -2.41. The number of anilines is 1. The van der Waals surface area contributed by atoms with E-state index < -0.39 is 17.8 Å². The summed E-state index contributed by atoms with van der Waals surface area (Å²) in [5.74, 6) is -1.30. The molecule has 6 rings (SSSR count). The molecule has 1 amide bonds. The number of rotatable bonds is 8. The van der Waals surface area contributed by atoms with Crippen molar-refractivity contribution in [1.82, 2.24) is 24.8 Å². The van der Waals surface area contributed by atoms with Gasteiger partial charge in [0, 0.05) is 52.7 Å². The van der Waals surface area contributed by atoms with Crippen molar-refractivity contribution in [1.29, 1.82) is 5.26 Å². The summed E-state index contributed by atoms with van der Waals surface area (Å²) in [5.41, 5.74) is 3.04. The normalized spacial score (nSPS) is 18.8. The molecule has 0 bridgehead atoms. The average Bonchev–Trinajstić information content (AvgIpc) is 3.46. The number of thioether (sulfide) groups is 1. The highest BCUT2D eigenvalue weighted by Crippen LogP contribution is 2.42. The zero-order valence-electron chi connectivity index (χ0n) is 25.2. The molecule has 2 aromatic carbocycles. The smallest absolute Gasteiger partial charge is 0.319 e. The molecule has 2 saturated heterocycles. The Hall–Kier alpha value is -3.98. The van der Waals surface area contributed by atoms with E-state index in [2.05, 4.69) is 24.6 Å². The number of nitrogens with zero attached hydrogens (tertiary/aromatic N) is 7. The zero-order valence-corrected chi connectivity index (χ0v) is 26.7. The van der Waals surface area contributed by atoms with Crippen molar-refractivity contribution in [2.45, 2.75) is 36.2 Å². The summed E-state index contributed by atoms with van der Waals surface area (Å²) in [7, 11) is 2.09. The van der Waals surface area contributed by atoms with E-state index in [4.69, 9.17) is 31.3 Å². The molecule has 232 valence electrons. The number of ether oxygens (including phenoxy) is 1. The summed E-state index contributed by atoms with van der Waals surface area (Å²) >= 11 is 8.28. The van der Waals surface area contributed by atoms with E-state index in [1.807, 2.05) is 53.8 Å². The number of hydrogen-bond donors (Lipinski definition) is 0. The van der Waals surface area contributed by atoms with Gasteiger partial charge in [0.1, 0.15) is 17.6 Å². The van der Waals surface area contributed by atoms with Gasteiger partial charge >= 0.3 is 6.01 Å². The average molecular weight is 646 g/mol. The molecule has 2 aliphatic heterocycles. The molecule has 0 N–H and O–H groups in total. The van der Waals surface area contributed by atoms with Gasteiger partial charge in [-0.2, -0.15) is 15.2 Å². The number of nitriles is 1. The number of pyridine rings is 1. The minimum atomic E-state index is -1.04. The topological polar surface area (TPSA) is 98.5 Å². The second kappa shape index (κ2) is 13.2. The molecular formula is C33H33ClFN7O2S. The van der Waals surface area contributed by atoms with Gasteiger partial charge in [0.25, 0.3) is 5.91 Å². The Morgan fingerprint density at radius 1 is 1.16 bits per heavy atom. The van der Waals surface area contributed by atoms with Crippen molar-refractivity contribution in [3.63, 3.8) is 0 Å². The van der Waals surface area contributed by atoms with Gasteiger partial charge in [-0.05, 0) is 49.7 Å². The van der Waals surface area contributed by atoms with Crippen LogP contribution in [0.15, 0.2) is 59.9 Å². The van der Waals surface area contributed by atoms with Gasteiger partial charge in [-0.15, -0.1) is 11.8 Å². The molecule has 12 heteroatoms. The number of likely N-dealkylation sites (N-methyl/N-ethyl adjacent to an activating group) is 1. The van der Waals surface area contributed by atoms with E-state index in [0.29, 0.717) is 35.0 Å². The maximum Gasteiger partial charge on any atom is 0.319 e. The van der Waals surface area contributed by atoms with E-state index >= 15 is 0 Å². The molecule has 0 spiro atoms. The standard InChI is InChI=1S/C33H33ClFN7O2S/c1-20(35)32(43)42-16-15-41(18-22(42)12-13-36)31-29-28(38-33(39-31)44-19-23-9-6-14-40(23)2)30(45-3)25(17-37-29)24-10-4-7-21-8-5-11-26(34)27(21)24/h4-5,7-8,10-11,17,22-23H,1,6,9,12,14-16,18-19H2,2-3H3/t22-,23?/m0/s1. The van der Waals surface area contributed by atoms with E-state index in [-0.39, 0.29) is 31.6 Å². The van der Waals surface area contributed by atoms with Gasteiger partial charge in [0.05, 0.1) is 18.5 Å². The molecule has 2 atom stereocenters. The van der Waals surface area contributed by atoms with Gasteiger partial charge in [-0.3, -0.25) is 4.79 Å². The monoisotopic (exact) mass is 645 g/mol. The highest BCUT2D eigenvalue weighted by Gasteiger charge is 2.34. The number of fused-ring (bicyclic) bond motifs is 2. The molecule has 2 aromatic heterocycles. The molecule has 45 heavy (non-hydrogen) atoms. The van der Waals surface area contributed by atoms with Crippen LogP contribution in [0.3, 0.4) is 0 Å². The van der Waals surface area contributed by atoms with Gasteiger partial charge in [0.2, 0.25) is 0 Å². The van der Waals surface area contributed by atoms with Crippen LogP contribution < -0.4 is 9.64 Å². The van der Waals surface area contributed by atoms with Crippen LogP contribution in [-0.2, 0) is 4.79 Å². The molecule has 9 nitrogen and oxygen atoms in total. The minimum Gasteiger partial charge on any atom is -0.462 e. The third-order valence-electron chi connectivity index (χ3n) is 8.65. The Labute approximate surface area is 270 Å². The Morgan fingerprint density at radius 3 is 2.67 bits per heavy atom. The molecular weight excluding hydrogens is 613 g/mol. The van der Waals surface area contributed by atoms with Crippen molar-refractivity contribution in [2.24, 2.45) is 0 Å². The maximum atomic E-state index is 13.9. The Balaban J connectivity index is 1.48. The number of carbonyl (C=O) groups excluding carboxylic acids is 1. The first-order valence-corrected chi connectivity index (χ1v) is 16.4. The number of amides is 1. The van der Waals surface area contributed by atoms with Gasteiger partial charge in [-0.25, -0.2) is 9.37 Å². The third kappa shape index (κ3) is 6.02. The summed E-state index contributed by atoms with van der Waals surface area (Å²) in [6.07, 6.45) is 6.00. The molecule has 0 radical (unpaired) electrons. The lowest BCUT2D eigenvalue weighted by molar-refractivity contribution is -0.131. The molecule has 4 heterocycles. The Morgan fingerprint density at radius 2 is 1.96 bits per heavy atom. The van der Waals surface area contributed by atoms with E-state index in [1.165, 1.54) is 4.90 Å². The lowest BCUT2D eigenvalue weighted by atomic mass is 9.99. The van der Waals surface area contributed by atoms with Crippen molar-refractivity contribution in [3.8, 4) is 23.2 Å². The number of piperazine rings is 1. The van der Waals surface area contributed by atoms with Crippen molar-refractivity contribution in [2.75, 3.05) is 51.0 Å². The first-order valence-electron chi connectivity index (χ1n) is 14.8. The highest BCUT2D eigenvalue weighted by atomic mass is 35.5. The first kappa shape index (κ1) is 31.0. The second-order valence-electron chi connectivity index (χ2n) is 11.3. The summed E-state index contributed by atoms with van der Waals surface area (Å²) in [5, 5.41) is 12.1. The second-order valence-corrected chi connectivity index (χ2v) is 12.6. The van der Waals surface area contributed by atoms with Crippen LogP contribution in [-0.4, -0.2) is 88.8 Å². The van der Waals surface area contributed by atoms with Gasteiger partial charge in [0.15, 0.2) is 11.6 Å². The summed E-state index contributed by atoms with van der Waals surface area (Å²) in [6.45, 7) is 5.46. The fourth-order valence-corrected chi connectivity index (χ4v) is 7.33. The number of benzene rings is 2. The van der Waals surface area contributed by atoms with E-state index in [9.17, 15) is 14.4 Å². The number of aromatic nitrogens is 3. The molecule has 2 fully saturated rings. The summed E-state index contributed by atoms with van der Waals surface area (Å²) < 4.78 is 20.1. The Kier molecular flexibility index (Phi) is 9.08. The van der Waals surface area contributed by atoms with Crippen LogP contribution in [0, 0.1) is 11.3 Å². The molecule has 4 aromatic rings. The van der Waals surface area contributed by atoms with Crippen LogP contribution >= 0.6 is 23.4 Å². The van der Waals surface area contributed by atoms with Crippen LogP contribution in [0.1, 0.15) is 19.3 Å². The zero-order chi connectivity index (χ0) is 31.7. The predicted molar refractivity (Wildman–Crippen MR) is 176 cm³/mol.